The number of methoxy groups -OCH3 is 1. The second kappa shape index (κ2) is 8.73. The van der Waals surface area contributed by atoms with Gasteiger partial charge < -0.3 is 9.47 Å². The first-order valence-corrected chi connectivity index (χ1v) is 6.85. The summed E-state index contributed by atoms with van der Waals surface area (Å²) in [5, 5.41) is 0. The summed E-state index contributed by atoms with van der Waals surface area (Å²) in [6.07, 6.45) is 6.77. The van der Waals surface area contributed by atoms with Gasteiger partial charge in [0.05, 0.1) is 13.7 Å². The van der Waals surface area contributed by atoms with E-state index >= 15 is 0 Å². The van der Waals surface area contributed by atoms with Gasteiger partial charge in [0.1, 0.15) is 0 Å². The van der Waals surface area contributed by atoms with Crippen LogP contribution in [0.25, 0.3) is 0 Å². The zero-order valence-electron chi connectivity index (χ0n) is 11.7. The molecular weight excluding hydrogens is 250 g/mol. The van der Waals surface area contributed by atoms with Gasteiger partial charge in [-0.15, -0.1) is 0 Å². The average molecular weight is 272 g/mol. The Bertz CT molecular complexity index is 381. The smallest absolute Gasteiger partial charge is 0.204 e. The van der Waals surface area contributed by atoms with Crippen molar-refractivity contribution >= 4 is 0 Å². The fourth-order valence-corrected chi connectivity index (χ4v) is 1.85. The maximum atomic E-state index is 13.5. The molecular formula is C15H22F2O2. The minimum atomic E-state index is -0.997. The summed E-state index contributed by atoms with van der Waals surface area (Å²) in [7, 11) is 1.30. The molecule has 0 bridgehead atoms. The molecule has 1 aromatic carbocycles. The van der Waals surface area contributed by atoms with Gasteiger partial charge in [-0.25, -0.2) is 0 Å². The number of rotatable bonds is 9. The van der Waals surface area contributed by atoms with Gasteiger partial charge in [-0.05, 0) is 18.6 Å². The highest BCUT2D eigenvalue weighted by molar-refractivity contribution is 5.34. The van der Waals surface area contributed by atoms with Gasteiger partial charge in [-0.3, -0.25) is 0 Å². The first-order valence-electron chi connectivity index (χ1n) is 6.85. The lowest BCUT2D eigenvalue weighted by atomic mass is 10.1. The van der Waals surface area contributed by atoms with E-state index in [1.807, 2.05) is 0 Å². The molecule has 0 atom stereocenters. The Balaban J connectivity index is 2.32. The van der Waals surface area contributed by atoms with Crippen LogP contribution in [0, 0.1) is 11.6 Å². The molecule has 0 aliphatic carbocycles. The largest absolute Gasteiger partial charge is 0.494 e. The van der Waals surface area contributed by atoms with Gasteiger partial charge in [-0.1, -0.05) is 39.0 Å². The molecule has 0 saturated carbocycles. The molecule has 0 spiro atoms. The van der Waals surface area contributed by atoms with E-state index in [9.17, 15) is 8.78 Å². The summed E-state index contributed by atoms with van der Waals surface area (Å²) in [6, 6.07) is 2.77. The van der Waals surface area contributed by atoms with E-state index in [4.69, 9.17) is 9.47 Å². The second-order valence-electron chi connectivity index (χ2n) is 4.51. The van der Waals surface area contributed by atoms with Crippen LogP contribution < -0.4 is 9.47 Å². The zero-order chi connectivity index (χ0) is 14.1. The quantitative estimate of drug-likeness (QED) is 0.606. The Morgan fingerprint density at radius 1 is 0.895 bits per heavy atom. The van der Waals surface area contributed by atoms with Crippen molar-refractivity contribution in [2.75, 3.05) is 13.7 Å². The summed E-state index contributed by atoms with van der Waals surface area (Å²) < 4.78 is 36.9. The van der Waals surface area contributed by atoms with Crippen LogP contribution in [0.2, 0.25) is 0 Å². The molecule has 0 N–H and O–H groups in total. The lowest BCUT2D eigenvalue weighted by Gasteiger charge is -2.09. The third-order valence-corrected chi connectivity index (χ3v) is 2.99. The molecule has 0 amide bonds. The molecule has 0 aromatic heterocycles. The maximum Gasteiger partial charge on any atom is 0.204 e. The first-order chi connectivity index (χ1) is 9.20. The monoisotopic (exact) mass is 272 g/mol. The Kier molecular flexibility index (Phi) is 7.23. The summed E-state index contributed by atoms with van der Waals surface area (Å²) >= 11 is 0. The van der Waals surface area contributed by atoms with E-state index in [0.29, 0.717) is 6.61 Å². The normalized spacial score (nSPS) is 10.5. The van der Waals surface area contributed by atoms with Crippen molar-refractivity contribution in [3.63, 3.8) is 0 Å². The molecule has 1 aromatic rings. The molecule has 0 unspecified atom stereocenters. The van der Waals surface area contributed by atoms with Crippen LogP contribution in [0.5, 0.6) is 11.5 Å². The van der Waals surface area contributed by atoms with Crippen molar-refractivity contribution in [2.45, 2.75) is 45.4 Å². The van der Waals surface area contributed by atoms with Crippen LogP contribution in [0.15, 0.2) is 12.1 Å². The zero-order valence-corrected chi connectivity index (χ0v) is 11.7. The minimum Gasteiger partial charge on any atom is -0.494 e. The predicted molar refractivity (Wildman–Crippen MR) is 71.8 cm³/mol. The molecule has 2 nitrogen and oxygen atoms in total. The van der Waals surface area contributed by atoms with Crippen LogP contribution in [0.3, 0.4) is 0 Å². The van der Waals surface area contributed by atoms with E-state index < -0.39 is 11.6 Å². The Hall–Kier alpha value is -1.32. The van der Waals surface area contributed by atoms with Crippen LogP contribution in [0.4, 0.5) is 8.78 Å². The predicted octanol–water partition coefficient (Wildman–Crippen LogP) is 4.71. The fraction of sp³-hybridized carbons (Fsp3) is 0.600. The molecule has 108 valence electrons. The van der Waals surface area contributed by atoms with Crippen molar-refractivity contribution < 1.29 is 18.3 Å². The number of hydrogen-bond acceptors (Lipinski definition) is 2. The number of ether oxygens (including phenoxy) is 2. The van der Waals surface area contributed by atoms with Gasteiger partial charge in [0, 0.05) is 0 Å². The van der Waals surface area contributed by atoms with Crippen molar-refractivity contribution in [1.29, 1.82) is 0 Å². The van der Waals surface area contributed by atoms with Gasteiger partial charge in [0.25, 0.3) is 0 Å². The molecule has 1 rings (SSSR count). The van der Waals surface area contributed by atoms with E-state index in [-0.39, 0.29) is 11.5 Å². The van der Waals surface area contributed by atoms with E-state index in [2.05, 4.69) is 6.92 Å². The van der Waals surface area contributed by atoms with E-state index in [0.717, 1.165) is 19.3 Å². The highest BCUT2D eigenvalue weighted by Gasteiger charge is 2.14. The molecule has 19 heavy (non-hydrogen) atoms. The molecule has 0 aliphatic rings. The maximum absolute atomic E-state index is 13.5. The van der Waals surface area contributed by atoms with Crippen LogP contribution in [0.1, 0.15) is 45.4 Å². The van der Waals surface area contributed by atoms with Crippen LogP contribution in [-0.4, -0.2) is 13.7 Å². The summed E-state index contributed by atoms with van der Waals surface area (Å²) in [5.74, 6) is -2.13. The van der Waals surface area contributed by atoms with Crippen molar-refractivity contribution in [3.05, 3.63) is 23.8 Å². The van der Waals surface area contributed by atoms with Crippen molar-refractivity contribution in [3.8, 4) is 11.5 Å². The van der Waals surface area contributed by atoms with E-state index in [1.54, 1.807) is 0 Å². The van der Waals surface area contributed by atoms with Gasteiger partial charge in [-0.2, -0.15) is 8.78 Å². The minimum absolute atomic E-state index is 0.0492. The summed E-state index contributed by atoms with van der Waals surface area (Å²) in [6.45, 7) is 2.58. The number of unbranched alkanes of at least 4 members (excludes halogenated alkanes) is 5. The van der Waals surface area contributed by atoms with Crippen molar-refractivity contribution in [2.24, 2.45) is 0 Å². The third-order valence-electron chi connectivity index (χ3n) is 2.99. The molecule has 4 heteroatoms. The fourth-order valence-electron chi connectivity index (χ4n) is 1.85. The Labute approximate surface area is 113 Å². The van der Waals surface area contributed by atoms with Crippen LogP contribution >= 0.6 is 0 Å². The van der Waals surface area contributed by atoms with Gasteiger partial charge in [0.2, 0.25) is 11.6 Å². The lowest BCUT2D eigenvalue weighted by Crippen LogP contribution is -2.01. The standard InChI is InChI=1S/C15H22F2O2/c1-3-4-5-6-7-8-11-19-13-10-9-12(18-2)14(16)15(13)17/h9-10H,3-8,11H2,1-2H3. The molecule has 0 saturated heterocycles. The number of hydrogen-bond donors (Lipinski definition) is 0. The highest BCUT2D eigenvalue weighted by atomic mass is 19.2. The highest BCUT2D eigenvalue weighted by Crippen LogP contribution is 2.27. The van der Waals surface area contributed by atoms with Crippen molar-refractivity contribution in [1.82, 2.24) is 0 Å². The SMILES string of the molecule is CCCCCCCCOc1ccc(OC)c(F)c1F. The van der Waals surface area contributed by atoms with Gasteiger partial charge in [0.15, 0.2) is 11.5 Å². The van der Waals surface area contributed by atoms with Gasteiger partial charge >= 0.3 is 0 Å². The summed E-state index contributed by atoms with van der Waals surface area (Å²) in [4.78, 5) is 0. The topological polar surface area (TPSA) is 18.5 Å². The lowest BCUT2D eigenvalue weighted by molar-refractivity contribution is 0.280. The van der Waals surface area contributed by atoms with E-state index in [1.165, 1.54) is 38.5 Å². The average Bonchev–Trinajstić information content (AvgIpc) is 2.42. The number of benzene rings is 1. The number of halogens is 2. The first kappa shape index (κ1) is 15.7. The molecule has 0 heterocycles. The summed E-state index contributed by atoms with van der Waals surface area (Å²) in [5.41, 5.74) is 0. The second-order valence-corrected chi connectivity index (χ2v) is 4.51. The molecule has 0 radical (unpaired) electrons. The Morgan fingerprint density at radius 2 is 1.47 bits per heavy atom. The molecule has 0 aliphatic heterocycles. The Morgan fingerprint density at radius 3 is 2.16 bits per heavy atom. The third kappa shape index (κ3) is 5.05. The van der Waals surface area contributed by atoms with Crippen LogP contribution in [-0.2, 0) is 0 Å². The molecule has 0 fully saturated rings.